The summed E-state index contributed by atoms with van der Waals surface area (Å²) in [4.78, 5) is 2.45. The summed E-state index contributed by atoms with van der Waals surface area (Å²) in [6, 6.07) is 8.90. The normalized spacial score (nSPS) is 14.8. The first-order valence-electron chi connectivity index (χ1n) is 6.39. The van der Waals surface area contributed by atoms with E-state index in [0.717, 1.165) is 23.6 Å². The zero-order chi connectivity index (χ0) is 12.4. The molecule has 0 atom stereocenters. The van der Waals surface area contributed by atoms with Crippen molar-refractivity contribution >= 4 is 5.69 Å². The molecule has 1 aliphatic carbocycles. The van der Waals surface area contributed by atoms with Gasteiger partial charge in [-0.15, -0.1) is 0 Å². The van der Waals surface area contributed by atoms with Crippen LogP contribution in [-0.2, 0) is 0 Å². The summed E-state index contributed by atoms with van der Waals surface area (Å²) in [5.74, 6) is 0.883. The molecule has 2 rings (SSSR count). The molecular weight excluding hydrogens is 208 g/mol. The molecule has 0 N–H and O–H groups in total. The predicted molar refractivity (Wildman–Crippen MR) is 71.1 cm³/mol. The monoisotopic (exact) mass is 228 g/mol. The number of rotatable bonds is 4. The maximum Gasteiger partial charge on any atom is 0.0994 e. The summed E-state index contributed by atoms with van der Waals surface area (Å²) in [6.45, 7) is 7.63. The molecule has 0 aliphatic heterocycles. The van der Waals surface area contributed by atoms with E-state index in [-0.39, 0.29) is 0 Å². The van der Waals surface area contributed by atoms with E-state index in [1.165, 1.54) is 18.5 Å². The minimum absolute atomic E-state index is 0.517. The molecule has 2 heteroatoms. The Kier molecular flexibility index (Phi) is 3.38. The molecule has 1 saturated carbocycles. The van der Waals surface area contributed by atoms with Crippen LogP contribution in [0.3, 0.4) is 0 Å². The Hall–Kier alpha value is -1.49. The summed E-state index contributed by atoms with van der Waals surface area (Å²) < 4.78 is 0. The number of nitrogens with zero attached hydrogens (tertiary/aromatic N) is 2. The second-order valence-electron chi connectivity index (χ2n) is 5.30. The lowest BCUT2D eigenvalue weighted by molar-refractivity contribution is 0.644. The van der Waals surface area contributed by atoms with Crippen molar-refractivity contribution in [2.24, 2.45) is 5.92 Å². The number of hydrogen-bond donors (Lipinski definition) is 0. The molecule has 1 aromatic carbocycles. The van der Waals surface area contributed by atoms with Gasteiger partial charge in [-0.1, -0.05) is 0 Å². The van der Waals surface area contributed by atoms with Crippen LogP contribution in [0.15, 0.2) is 18.2 Å². The van der Waals surface area contributed by atoms with Crippen molar-refractivity contribution in [1.82, 2.24) is 0 Å². The topological polar surface area (TPSA) is 27.0 Å². The first-order valence-corrected chi connectivity index (χ1v) is 6.39. The second kappa shape index (κ2) is 4.79. The number of nitriles is 1. The molecule has 0 bridgehead atoms. The molecule has 0 radical (unpaired) electrons. The maximum atomic E-state index is 8.95. The van der Waals surface area contributed by atoms with E-state index in [4.69, 9.17) is 5.26 Å². The third-order valence-corrected chi connectivity index (χ3v) is 3.44. The number of aryl methyl sites for hydroxylation is 1. The minimum Gasteiger partial charge on any atom is -0.369 e. The van der Waals surface area contributed by atoms with Crippen LogP contribution in [0.2, 0.25) is 0 Å². The van der Waals surface area contributed by atoms with Gasteiger partial charge in [0.05, 0.1) is 11.6 Å². The van der Waals surface area contributed by atoms with Crippen LogP contribution in [0.5, 0.6) is 0 Å². The van der Waals surface area contributed by atoms with Gasteiger partial charge < -0.3 is 4.90 Å². The molecular formula is C15H20N2. The van der Waals surface area contributed by atoms with E-state index in [0.29, 0.717) is 6.04 Å². The molecule has 0 amide bonds. The van der Waals surface area contributed by atoms with Crippen molar-refractivity contribution in [3.8, 4) is 6.07 Å². The third-order valence-electron chi connectivity index (χ3n) is 3.44. The van der Waals surface area contributed by atoms with Gasteiger partial charge in [0.1, 0.15) is 0 Å². The SMILES string of the molecule is Cc1cc(N(CC2CC2)C(C)C)ccc1C#N. The highest BCUT2D eigenvalue weighted by Crippen LogP contribution is 2.32. The third kappa shape index (κ3) is 2.79. The fraction of sp³-hybridized carbons (Fsp3) is 0.533. The largest absolute Gasteiger partial charge is 0.369 e. The number of anilines is 1. The molecule has 1 aromatic rings. The van der Waals surface area contributed by atoms with Gasteiger partial charge in [-0.05, 0) is 63.3 Å². The fourth-order valence-corrected chi connectivity index (χ4v) is 2.14. The number of benzene rings is 1. The Bertz CT molecular complexity index is 439. The Labute approximate surface area is 104 Å². The second-order valence-corrected chi connectivity index (χ2v) is 5.30. The quantitative estimate of drug-likeness (QED) is 0.788. The van der Waals surface area contributed by atoms with Crippen molar-refractivity contribution in [1.29, 1.82) is 5.26 Å². The van der Waals surface area contributed by atoms with E-state index in [9.17, 15) is 0 Å². The van der Waals surface area contributed by atoms with E-state index in [2.05, 4.69) is 36.9 Å². The molecule has 1 fully saturated rings. The van der Waals surface area contributed by atoms with E-state index < -0.39 is 0 Å². The van der Waals surface area contributed by atoms with Crippen molar-refractivity contribution < 1.29 is 0 Å². The Morgan fingerprint density at radius 3 is 2.59 bits per heavy atom. The fourth-order valence-electron chi connectivity index (χ4n) is 2.14. The molecule has 90 valence electrons. The van der Waals surface area contributed by atoms with Crippen molar-refractivity contribution in [3.63, 3.8) is 0 Å². The van der Waals surface area contributed by atoms with Gasteiger partial charge in [-0.3, -0.25) is 0 Å². The Morgan fingerprint density at radius 2 is 2.12 bits per heavy atom. The van der Waals surface area contributed by atoms with Gasteiger partial charge >= 0.3 is 0 Å². The first kappa shape index (κ1) is 12.0. The van der Waals surface area contributed by atoms with Gasteiger partial charge in [-0.25, -0.2) is 0 Å². The van der Waals surface area contributed by atoms with Crippen LogP contribution in [0.1, 0.15) is 37.8 Å². The highest BCUT2D eigenvalue weighted by atomic mass is 15.2. The zero-order valence-electron chi connectivity index (χ0n) is 10.9. The van der Waals surface area contributed by atoms with Crippen molar-refractivity contribution in [3.05, 3.63) is 29.3 Å². The lowest BCUT2D eigenvalue weighted by Crippen LogP contribution is -2.32. The van der Waals surface area contributed by atoms with Crippen molar-refractivity contribution in [2.75, 3.05) is 11.4 Å². The summed E-state index contributed by atoms with van der Waals surface area (Å²) in [5.41, 5.74) is 3.11. The minimum atomic E-state index is 0.517. The standard InChI is InChI=1S/C15H20N2/c1-11(2)17(10-13-4-5-13)15-7-6-14(9-16)12(3)8-15/h6-8,11,13H,4-5,10H2,1-3H3. The molecule has 0 heterocycles. The van der Waals surface area contributed by atoms with Crippen LogP contribution in [0.4, 0.5) is 5.69 Å². The van der Waals surface area contributed by atoms with E-state index in [1.54, 1.807) is 0 Å². The summed E-state index contributed by atoms with van der Waals surface area (Å²) in [7, 11) is 0. The molecule has 2 nitrogen and oxygen atoms in total. The van der Waals surface area contributed by atoms with Crippen LogP contribution in [0, 0.1) is 24.2 Å². The van der Waals surface area contributed by atoms with Crippen LogP contribution in [-0.4, -0.2) is 12.6 Å². The lowest BCUT2D eigenvalue weighted by atomic mass is 10.1. The summed E-state index contributed by atoms with van der Waals surface area (Å²) in [6.07, 6.45) is 2.75. The van der Waals surface area contributed by atoms with E-state index in [1.807, 2.05) is 13.0 Å². The zero-order valence-corrected chi connectivity index (χ0v) is 10.9. The highest BCUT2D eigenvalue weighted by Gasteiger charge is 2.25. The van der Waals surface area contributed by atoms with Crippen molar-refractivity contribution in [2.45, 2.75) is 39.7 Å². The molecule has 0 unspecified atom stereocenters. The van der Waals surface area contributed by atoms with E-state index >= 15 is 0 Å². The lowest BCUT2D eigenvalue weighted by Gasteiger charge is -2.29. The van der Waals surface area contributed by atoms with Gasteiger partial charge in [-0.2, -0.15) is 5.26 Å². The van der Waals surface area contributed by atoms with Crippen LogP contribution < -0.4 is 4.90 Å². The Morgan fingerprint density at radius 1 is 1.41 bits per heavy atom. The highest BCUT2D eigenvalue weighted by molar-refractivity contribution is 5.54. The summed E-state index contributed by atoms with van der Waals surface area (Å²) in [5, 5.41) is 8.95. The molecule has 0 spiro atoms. The average Bonchev–Trinajstić information content (AvgIpc) is 3.09. The molecule has 0 saturated heterocycles. The van der Waals surface area contributed by atoms with Gasteiger partial charge in [0.25, 0.3) is 0 Å². The van der Waals surface area contributed by atoms with Gasteiger partial charge in [0.2, 0.25) is 0 Å². The smallest absolute Gasteiger partial charge is 0.0994 e. The molecule has 0 aromatic heterocycles. The summed E-state index contributed by atoms with van der Waals surface area (Å²) >= 11 is 0. The van der Waals surface area contributed by atoms with Crippen LogP contribution in [0.25, 0.3) is 0 Å². The molecule has 17 heavy (non-hydrogen) atoms. The maximum absolute atomic E-state index is 8.95. The predicted octanol–water partition coefficient (Wildman–Crippen LogP) is 3.49. The molecule has 1 aliphatic rings. The van der Waals surface area contributed by atoms with Crippen LogP contribution >= 0.6 is 0 Å². The first-order chi connectivity index (χ1) is 8.11. The average molecular weight is 228 g/mol. The number of hydrogen-bond acceptors (Lipinski definition) is 2. The van der Waals surface area contributed by atoms with Gasteiger partial charge in [0, 0.05) is 18.3 Å². The van der Waals surface area contributed by atoms with Gasteiger partial charge in [0.15, 0.2) is 0 Å². The Balaban J connectivity index is 2.23.